The Hall–Kier alpha value is -0.930. The molecule has 0 spiro atoms. The molecule has 146 valence electrons. The summed E-state index contributed by atoms with van der Waals surface area (Å²) in [5.41, 5.74) is 0. The molecule has 0 aliphatic carbocycles. The molecule has 0 unspecified atom stereocenters. The summed E-state index contributed by atoms with van der Waals surface area (Å²) in [6.07, 6.45) is -12.9. The second-order valence-corrected chi connectivity index (χ2v) is 5.81. The molecule has 2 heterocycles. The first-order chi connectivity index (χ1) is 11.8. The molecule has 7 N–H and O–H groups in total. The van der Waals surface area contributed by atoms with Gasteiger partial charge in [-0.05, 0) is 0 Å². The molecular weight excluding hydrogens is 348 g/mol. The fourth-order valence-electron chi connectivity index (χ4n) is 2.77. The molecule has 2 fully saturated rings. The monoisotopic (exact) mass is 370 g/mol. The van der Waals surface area contributed by atoms with E-state index >= 15 is 0 Å². The van der Waals surface area contributed by atoms with Crippen LogP contribution in [0.5, 0.6) is 0 Å². The second kappa shape index (κ2) is 8.18. The minimum absolute atomic E-state index is 0.0210. The van der Waals surface area contributed by atoms with Crippen molar-refractivity contribution >= 4 is 6.47 Å². The van der Waals surface area contributed by atoms with E-state index in [0.29, 0.717) is 0 Å². The summed E-state index contributed by atoms with van der Waals surface area (Å²) < 4.78 is 20.3. The number of ether oxygens (including phenoxy) is 4. The van der Waals surface area contributed by atoms with E-state index in [1.54, 1.807) is 0 Å². The van der Waals surface area contributed by atoms with Gasteiger partial charge in [0.25, 0.3) is 6.47 Å². The molecule has 2 aliphatic heterocycles. The minimum Gasteiger partial charge on any atom is -0.462 e. The van der Waals surface area contributed by atoms with Crippen LogP contribution in [0.25, 0.3) is 0 Å². The Morgan fingerprint density at radius 2 is 1.56 bits per heavy atom. The molecule has 0 aromatic heterocycles. The number of aliphatic hydroxyl groups is 7. The topological polar surface area (TPSA) is 196 Å². The van der Waals surface area contributed by atoms with Crippen LogP contribution in [0.15, 0.2) is 0 Å². The van der Waals surface area contributed by atoms with Crippen LogP contribution >= 0.6 is 0 Å². The van der Waals surface area contributed by atoms with E-state index in [4.69, 9.17) is 19.3 Å². The van der Waals surface area contributed by atoms with Gasteiger partial charge in [-0.3, -0.25) is 4.79 Å². The average Bonchev–Trinajstić information content (AvgIpc) is 2.85. The highest BCUT2D eigenvalue weighted by molar-refractivity contribution is 5.37. The average molecular weight is 370 g/mol. The maximum Gasteiger partial charge on any atom is 0.293 e. The van der Waals surface area contributed by atoms with Crippen LogP contribution in [0.1, 0.15) is 0 Å². The second-order valence-electron chi connectivity index (χ2n) is 5.81. The summed E-state index contributed by atoms with van der Waals surface area (Å²) in [4.78, 5) is 10.5. The first kappa shape index (κ1) is 20.4. The van der Waals surface area contributed by atoms with Gasteiger partial charge in [-0.25, -0.2) is 0 Å². The summed E-state index contributed by atoms with van der Waals surface area (Å²) in [5.74, 6) is -2.22. The Balaban J connectivity index is 2.23. The van der Waals surface area contributed by atoms with Crippen LogP contribution in [0.3, 0.4) is 0 Å². The fourth-order valence-corrected chi connectivity index (χ4v) is 2.77. The lowest BCUT2D eigenvalue weighted by Crippen LogP contribution is -2.62. The predicted molar refractivity (Wildman–Crippen MR) is 73.6 cm³/mol. The van der Waals surface area contributed by atoms with Gasteiger partial charge in [0.1, 0.15) is 49.3 Å². The van der Waals surface area contributed by atoms with E-state index in [1.807, 2.05) is 0 Å². The highest BCUT2D eigenvalue weighted by Crippen LogP contribution is 2.36. The molecule has 0 radical (unpaired) electrons. The summed E-state index contributed by atoms with van der Waals surface area (Å²) in [6.45, 7) is -2.12. The molecule has 2 aliphatic rings. The Morgan fingerprint density at radius 1 is 0.920 bits per heavy atom. The Labute approximate surface area is 141 Å². The molecule has 0 amide bonds. The quantitative estimate of drug-likeness (QED) is 0.211. The predicted octanol–water partition coefficient (Wildman–Crippen LogP) is -5.21. The van der Waals surface area contributed by atoms with Crippen molar-refractivity contribution < 1.29 is 59.5 Å². The van der Waals surface area contributed by atoms with Gasteiger partial charge in [-0.15, -0.1) is 0 Å². The summed E-state index contributed by atoms with van der Waals surface area (Å²) in [7, 11) is 0. The minimum atomic E-state index is -2.22. The van der Waals surface area contributed by atoms with Crippen molar-refractivity contribution in [2.75, 3.05) is 19.8 Å². The lowest BCUT2D eigenvalue weighted by Gasteiger charge is -2.43. The third kappa shape index (κ3) is 3.78. The van der Waals surface area contributed by atoms with Crippen molar-refractivity contribution in [1.82, 2.24) is 0 Å². The summed E-state index contributed by atoms with van der Waals surface area (Å²) in [6, 6.07) is 0. The number of rotatable bonds is 7. The van der Waals surface area contributed by atoms with Gasteiger partial charge in [-0.1, -0.05) is 0 Å². The maximum absolute atomic E-state index is 10.5. The van der Waals surface area contributed by atoms with Gasteiger partial charge in [-0.2, -0.15) is 0 Å². The standard InChI is InChI=1S/C13H22O12/c14-1-5-7(17)9(19)10(20)12(23-5)25-13(3-22-4-16)11(21)8(18)6(2-15)24-13/h4-12,14-15,17-21H,1-3H2/t5-,6-,7-,8-,9+,10-,11+,12-,13+/m1/s1. The lowest BCUT2D eigenvalue weighted by molar-refractivity contribution is -0.383. The highest BCUT2D eigenvalue weighted by Gasteiger charge is 2.59. The number of carbonyl (C=O) groups excluding carboxylic acids is 1. The lowest BCUT2D eigenvalue weighted by atomic mass is 9.99. The Bertz CT molecular complexity index is 447. The van der Waals surface area contributed by atoms with Crippen LogP contribution in [0.4, 0.5) is 0 Å². The third-order valence-corrected chi connectivity index (χ3v) is 4.20. The van der Waals surface area contributed by atoms with Crippen molar-refractivity contribution in [2.24, 2.45) is 0 Å². The van der Waals surface area contributed by atoms with Gasteiger partial charge >= 0.3 is 0 Å². The first-order valence-corrected chi connectivity index (χ1v) is 7.49. The number of hydrogen-bond donors (Lipinski definition) is 7. The summed E-state index contributed by atoms with van der Waals surface area (Å²) in [5, 5.41) is 67.9. The van der Waals surface area contributed by atoms with Crippen molar-refractivity contribution in [1.29, 1.82) is 0 Å². The first-order valence-electron chi connectivity index (χ1n) is 7.49. The fraction of sp³-hybridized carbons (Fsp3) is 0.923. The van der Waals surface area contributed by atoms with Gasteiger partial charge in [0.15, 0.2) is 6.29 Å². The number of carbonyl (C=O) groups is 1. The van der Waals surface area contributed by atoms with E-state index in [9.17, 15) is 35.4 Å². The van der Waals surface area contributed by atoms with E-state index in [0.717, 1.165) is 0 Å². The van der Waals surface area contributed by atoms with Crippen LogP contribution in [-0.2, 0) is 23.7 Å². The van der Waals surface area contributed by atoms with Crippen LogP contribution in [0.2, 0.25) is 0 Å². The largest absolute Gasteiger partial charge is 0.462 e. The molecule has 2 rings (SSSR count). The smallest absolute Gasteiger partial charge is 0.293 e. The van der Waals surface area contributed by atoms with Gasteiger partial charge < -0.3 is 54.7 Å². The zero-order valence-corrected chi connectivity index (χ0v) is 13.0. The molecule has 25 heavy (non-hydrogen) atoms. The van der Waals surface area contributed by atoms with Crippen molar-refractivity contribution in [2.45, 2.75) is 54.8 Å². The SMILES string of the molecule is O=COC[C@@]1(O[C@H]2O[C@H](CO)[C@@H](O)[C@H](O)[C@H]2O)O[C@H](CO)[C@@H](O)[C@@H]1O. The number of hydrogen-bond acceptors (Lipinski definition) is 12. The van der Waals surface area contributed by atoms with E-state index < -0.39 is 74.6 Å². The van der Waals surface area contributed by atoms with Crippen molar-refractivity contribution in [3.05, 3.63) is 0 Å². The van der Waals surface area contributed by atoms with E-state index in [-0.39, 0.29) is 6.47 Å². The van der Waals surface area contributed by atoms with E-state index in [2.05, 4.69) is 4.74 Å². The molecule has 0 bridgehead atoms. The Morgan fingerprint density at radius 3 is 2.08 bits per heavy atom. The van der Waals surface area contributed by atoms with Gasteiger partial charge in [0.2, 0.25) is 5.79 Å². The molecule has 0 aromatic carbocycles. The molecule has 0 saturated carbocycles. The molecular formula is C13H22O12. The molecule has 12 nitrogen and oxygen atoms in total. The van der Waals surface area contributed by atoms with Crippen LogP contribution < -0.4 is 0 Å². The zero-order valence-electron chi connectivity index (χ0n) is 13.0. The van der Waals surface area contributed by atoms with Gasteiger partial charge in [0.05, 0.1) is 13.2 Å². The normalized spacial score (nSPS) is 47.6. The van der Waals surface area contributed by atoms with Crippen LogP contribution in [-0.4, -0.2) is 117 Å². The van der Waals surface area contributed by atoms with Crippen LogP contribution in [0, 0.1) is 0 Å². The third-order valence-electron chi connectivity index (χ3n) is 4.20. The van der Waals surface area contributed by atoms with Crippen molar-refractivity contribution in [3.8, 4) is 0 Å². The molecule has 12 heteroatoms. The van der Waals surface area contributed by atoms with E-state index in [1.165, 1.54) is 0 Å². The molecule has 2 saturated heterocycles. The molecule has 0 aromatic rings. The highest BCUT2D eigenvalue weighted by atomic mass is 16.8. The zero-order chi connectivity index (χ0) is 18.8. The van der Waals surface area contributed by atoms with Crippen molar-refractivity contribution in [3.63, 3.8) is 0 Å². The maximum atomic E-state index is 10.5. The molecule has 9 atom stereocenters. The number of aliphatic hydroxyl groups excluding tert-OH is 7. The van der Waals surface area contributed by atoms with Gasteiger partial charge in [0, 0.05) is 0 Å². The Kier molecular flexibility index (Phi) is 6.67. The summed E-state index contributed by atoms with van der Waals surface area (Å²) >= 11 is 0.